The zero-order chi connectivity index (χ0) is 49.0. The average Bonchev–Trinajstić information content (AvgIpc) is 3.73. The summed E-state index contributed by atoms with van der Waals surface area (Å²) >= 11 is 0. The Morgan fingerprint density at radius 2 is 1.03 bits per heavy atom. The highest BCUT2D eigenvalue weighted by Crippen LogP contribution is 2.46. The molecule has 0 saturated heterocycles. The molecule has 4 heteroatoms. The van der Waals surface area contributed by atoms with Gasteiger partial charge in [-0.05, 0) is 127 Å². The minimum Gasteiger partial charge on any atom is -0.507 e. The summed E-state index contributed by atoms with van der Waals surface area (Å²) in [6.07, 6.45) is 2.93. The third-order valence-corrected chi connectivity index (χ3v) is 14.2. The highest BCUT2D eigenvalue weighted by atomic mass is 16.3. The largest absolute Gasteiger partial charge is 0.507 e. The van der Waals surface area contributed by atoms with Crippen molar-refractivity contribution < 1.29 is 5.11 Å². The van der Waals surface area contributed by atoms with Crippen molar-refractivity contribution in [2.24, 2.45) is 0 Å². The molecule has 9 rings (SSSR count). The van der Waals surface area contributed by atoms with E-state index in [0.717, 1.165) is 78.9 Å². The lowest BCUT2D eigenvalue weighted by Crippen LogP contribution is -2.17. The van der Waals surface area contributed by atoms with Gasteiger partial charge >= 0.3 is 0 Å². The lowest BCUT2D eigenvalue weighted by molar-refractivity contribution is 0.446. The fourth-order valence-electron chi connectivity index (χ4n) is 9.39. The van der Waals surface area contributed by atoms with Gasteiger partial charge in [-0.2, -0.15) is 0 Å². The fraction of sp³-hybridized carbons (Fsp3) is 0.262. The third kappa shape index (κ3) is 9.30. The summed E-state index contributed by atoms with van der Waals surface area (Å²) in [5, 5.41) is 12.6. The number of aromatic nitrogens is 3. The maximum atomic E-state index is 12.6. The molecule has 0 aliphatic rings. The van der Waals surface area contributed by atoms with Gasteiger partial charge in [0, 0.05) is 28.5 Å². The number of rotatable bonds is 9. The molecule has 69 heavy (non-hydrogen) atoms. The van der Waals surface area contributed by atoms with Gasteiger partial charge in [0.05, 0.1) is 28.0 Å². The molecule has 0 unspecified atom stereocenters. The number of hydrogen-bond donors (Lipinski definition) is 1. The second kappa shape index (κ2) is 17.8. The summed E-state index contributed by atoms with van der Waals surface area (Å²) in [6, 6.07) is 59.1. The molecule has 0 aliphatic heterocycles. The van der Waals surface area contributed by atoms with E-state index in [2.05, 4.69) is 251 Å². The zero-order valence-corrected chi connectivity index (χ0v) is 42.7. The van der Waals surface area contributed by atoms with Crippen LogP contribution in [0.5, 0.6) is 5.75 Å². The first-order chi connectivity index (χ1) is 32.7. The summed E-state index contributed by atoms with van der Waals surface area (Å²) in [6.45, 7) is 27.0. The van der Waals surface area contributed by atoms with E-state index in [4.69, 9.17) is 9.97 Å². The number of para-hydroxylation sites is 1. The number of nitrogens with zero attached hydrogens (tertiary/aromatic N) is 3. The number of imidazole rings is 1. The van der Waals surface area contributed by atoms with Crippen LogP contribution in [0.1, 0.15) is 112 Å². The highest BCUT2D eigenvalue weighted by Gasteiger charge is 2.30. The minimum absolute atomic E-state index is 0.0346. The normalized spacial score (nSPS) is 12.5. The number of benzene rings is 7. The van der Waals surface area contributed by atoms with Crippen molar-refractivity contribution in [3.05, 3.63) is 192 Å². The van der Waals surface area contributed by atoms with Crippen LogP contribution in [0.15, 0.2) is 170 Å². The Morgan fingerprint density at radius 3 is 1.65 bits per heavy atom. The standard InChI is InChI=1S/C65H67N3O/c1-13-65(11,12)49-31-32-57(53(39-49)45-23-18-15-19-24-45)68-58-26-20-25-52(59(58)67-61(68)54-40-51(63(5,6)7)41-55(60(54)69)64(8,9)10)47-35-48(37-50(36-47)62(2,3)4)56-38-46(33-34-66-56)44-29-27-43(28-30-44)42-21-16-14-17-22-42/h14-41,69H,13H2,1-12H3. The smallest absolute Gasteiger partial charge is 0.149 e. The van der Waals surface area contributed by atoms with Crippen LogP contribution in [0.2, 0.25) is 0 Å². The molecule has 9 aromatic rings. The Kier molecular flexibility index (Phi) is 12.1. The number of pyridine rings is 1. The van der Waals surface area contributed by atoms with Crippen LogP contribution in [-0.4, -0.2) is 19.6 Å². The molecular formula is C65H67N3O. The van der Waals surface area contributed by atoms with Gasteiger partial charge in [-0.1, -0.05) is 198 Å². The van der Waals surface area contributed by atoms with Crippen LogP contribution in [0, 0.1) is 0 Å². The quantitative estimate of drug-likeness (QED) is 0.157. The lowest BCUT2D eigenvalue weighted by Gasteiger charge is -2.28. The predicted octanol–water partition coefficient (Wildman–Crippen LogP) is 17.7. The Morgan fingerprint density at radius 1 is 0.449 bits per heavy atom. The van der Waals surface area contributed by atoms with Gasteiger partial charge in [0.1, 0.15) is 11.6 Å². The van der Waals surface area contributed by atoms with Crippen LogP contribution in [0.25, 0.3) is 83.9 Å². The van der Waals surface area contributed by atoms with E-state index < -0.39 is 0 Å². The molecule has 0 bridgehead atoms. The van der Waals surface area contributed by atoms with Crippen molar-refractivity contribution in [2.45, 2.75) is 111 Å². The van der Waals surface area contributed by atoms with Gasteiger partial charge in [0.15, 0.2) is 0 Å². The van der Waals surface area contributed by atoms with Crippen molar-refractivity contribution in [2.75, 3.05) is 0 Å². The molecular weight excluding hydrogens is 839 g/mol. The van der Waals surface area contributed by atoms with E-state index in [1.165, 1.54) is 22.3 Å². The number of phenols is 1. The Hall–Kier alpha value is -7.04. The molecule has 2 heterocycles. The van der Waals surface area contributed by atoms with Crippen molar-refractivity contribution >= 4 is 11.0 Å². The van der Waals surface area contributed by atoms with E-state index in [9.17, 15) is 5.11 Å². The van der Waals surface area contributed by atoms with Gasteiger partial charge in [-0.15, -0.1) is 0 Å². The van der Waals surface area contributed by atoms with Crippen molar-refractivity contribution in [3.8, 4) is 78.6 Å². The molecule has 0 fully saturated rings. The summed E-state index contributed by atoms with van der Waals surface area (Å²) in [5.41, 5.74) is 18.3. The van der Waals surface area contributed by atoms with Gasteiger partial charge < -0.3 is 5.11 Å². The molecule has 0 amide bonds. The summed E-state index contributed by atoms with van der Waals surface area (Å²) in [7, 11) is 0. The summed E-state index contributed by atoms with van der Waals surface area (Å²) < 4.78 is 2.31. The molecule has 7 aromatic carbocycles. The van der Waals surface area contributed by atoms with Crippen molar-refractivity contribution in [1.82, 2.24) is 14.5 Å². The SMILES string of the molecule is CCC(C)(C)c1ccc(-n2c(-c3cc(C(C)(C)C)cc(C(C)(C)C)c3O)nc3c(-c4cc(-c5cc(-c6ccc(-c7ccccc7)cc6)ccn5)cc(C(C)(C)C)c4)cccc32)c(-c2ccccc2)c1. The van der Waals surface area contributed by atoms with Gasteiger partial charge in [0.25, 0.3) is 0 Å². The van der Waals surface area contributed by atoms with Crippen molar-refractivity contribution in [3.63, 3.8) is 0 Å². The van der Waals surface area contributed by atoms with Gasteiger partial charge in [-0.3, -0.25) is 9.55 Å². The second-order valence-electron chi connectivity index (χ2n) is 22.6. The van der Waals surface area contributed by atoms with E-state index in [1.54, 1.807) is 0 Å². The molecule has 0 atom stereocenters. The number of aromatic hydroxyl groups is 1. The minimum atomic E-state index is -0.328. The lowest BCUT2D eigenvalue weighted by atomic mass is 9.78. The molecule has 0 spiro atoms. The van der Waals surface area contributed by atoms with Crippen LogP contribution >= 0.6 is 0 Å². The van der Waals surface area contributed by atoms with Crippen molar-refractivity contribution in [1.29, 1.82) is 0 Å². The third-order valence-electron chi connectivity index (χ3n) is 14.2. The predicted molar refractivity (Wildman–Crippen MR) is 293 cm³/mol. The number of hydrogen-bond acceptors (Lipinski definition) is 3. The Bertz CT molecular complexity index is 3320. The topological polar surface area (TPSA) is 50.9 Å². The van der Waals surface area contributed by atoms with E-state index in [-0.39, 0.29) is 27.4 Å². The first-order valence-corrected chi connectivity index (χ1v) is 24.6. The van der Waals surface area contributed by atoms with Crippen LogP contribution in [0.4, 0.5) is 0 Å². The van der Waals surface area contributed by atoms with E-state index in [0.29, 0.717) is 11.4 Å². The Balaban J connectivity index is 1.30. The molecule has 0 saturated carbocycles. The molecule has 0 aliphatic carbocycles. The number of fused-ring (bicyclic) bond motifs is 1. The molecule has 2 aromatic heterocycles. The second-order valence-corrected chi connectivity index (χ2v) is 22.6. The monoisotopic (exact) mass is 906 g/mol. The molecule has 348 valence electrons. The van der Waals surface area contributed by atoms with Gasteiger partial charge in [0.2, 0.25) is 0 Å². The maximum absolute atomic E-state index is 12.6. The Labute approximate surface area is 410 Å². The molecule has 1 N–H and O–H groups in total. The summed E-state index contributed by atoms with van der Waals surface area (Å²) in [5.74, 6) is 0.961. The molecule has 4 nitrogen and oxygen atoms in total. The van der Waals surface area contributed by atoms with E-state index in [1.807, 2.05) is 6.20 Å². The first kappa shape index (κ1) is 47.0. The highest BCUT2D eigenvalue weighted by molar-refractivity contribution is 5.98. The summed E-state index contributed by atoms with van der Waals surface area (Å²) in [4.78, 5) is 10.7. The molecule has 0 radical (unpaired) electrons. The van der Waals surface area contributed by atoms with Crippen LogP contribution < -0.4 is 0 Å². The van der Waals surface area contributed by atoms with Crippen LogP contribution in [-0.2, 0) is 21.7 Å². The fourth-order valence-corrected chi connectivity index (χ4v) is 9.39. The van der Waals surface area contributed by atoms with Gasteiger partial charge in [-0.25, -0.2) is 4.98 Å². The zero-order valence-electron chi connectivity index (χ0n) is 42.7. The van der Waals surface area contributed by atoms with E-state index >= 15 is 0 Å². The number of phenolic OH excluding ortho intramolecular Hbond substituents is 1. The first-order valence-electron chi connectivity index (χ1n) is 24.6. The van der Waals surface area contributed by atoms with Crippen LogP contribution in [0.3, 0.4) is 0 Å². The maximum Gasteiger partial charge on any atom is 0.149 e. The average molecular weight is 906 g/mol.